The second kappa shape index (κ2) is 11.2. The van der Waals surface area contributed by atoms with Gasteiger partial charge in [-0.3, -0.25) is 14.4 Å². The highest BCUT2D eigenvalue weighted by molar-refractivity contribution is 7.99. The maximum atomic E-state index is 12.5. The number of hydrogen-bond donors (Lipinski definition) is 3. The van der Waals surface area contributed by atoms with Crippen molar-refractivity contribution in [3.05, 3.63) is 90.5 Å². The summed E-state index contributed by atoms with van der Waals surface area (Å²) >= 11 is 1.18. The van der Waals surface area contributed by atoms with E-state index in [-0.39, 0.29) is 11.7 Å². The largest absolute Gasteiger partial charge is 0.480 e. The van der Waals surface area contributed by atoms with Crippen LogP contribution in [-0.2, 0) is 9.59 Å². The fourth-order valence-electron chi connectivity index (χ4n) is 3.23. The first-order valence-electron chi connectivity index (χ1n) is 10.6. The number of carboxylic acid groups (broad SMARTS) is 1. The molecule has 0 fully saturated rings. The molecule has 8 nitrogen and oxygen atoms in total. The van der Waals surface area contributed by atoms with Crippen LogP contribution < -0.4 is 10.6 Å². The Morgan fingerprint density at radius 2 is 1.49 bits per heavy atom. The molecule has 0 atom stereocenters. The summed E-state index contributed by atoms with van der Waals surface area (Å²) in [5, 5.41) is 14.1. The van der Waals surface area contributed by atoms with Crippen molar-refractivity contribution in [2.75, 3.05) is 17.6 Å². The molecule has 0 radical (unpaired) electrons. The summed E-state index contributed by atoms with van der Waals surface area (Å²) in [5.74, 6) is -1.19. The lowest BCUT2D eigenvalue weighted by Crippen LogP contribution is -2.29. The molecule has 0 aliphatic carbocycles. The third kappa shape index (κ3) is 6.36. The van der Waals surface area contributed by atoms with Crippen molar-refractivity contribution in [1.29, 1.82) is 0 Å². The van der Waals surface area contributed by atoms with Crippen LogP contribution in [0.1, 0.15) is 10.4 Å². The van der Waals surface area contributed by atoms with E-state index in [1.807, 2.05) is 60.7 Å². The van der Waals surface area contributed by atoms with Crippen LogP contribution in [-0.4, -0.2) is 40.2 Å². The van der Waals surface area contributed by atoms with Gasteiger partial charge in [0.1, 0.15) is 12.2 Å². The van der Waals surface area contributed by atoms with E-state index in [2.05, 4.69) is 15.6 Å². The van der Waals surface area contributed by atoms with E-state index in [0.717, 1.165) is 11.1 Å². The summed E-state index contributed by atoms with van der Waals surface area (Å²) in [6.07, 6.45) is 0. The van der Waals surface area contributed by atoms with Gasteiger partial charge in [0.2, 0.25) is 5.91 Å². The topological polar surface area (TPSA) is 122 Å². The first-order valence-corrected chi connectivity index (χ1v) is 11.6. The number of nitrogens with zero attached hydrogens (tertiary/aromatic N) is 1. The van der Waals surface area contributed by atoms with Crippen LogP contribution in [0, 0.1) is 0 Å². The molecule has 2 amide bonds. The Labute approximate surface area is 205 Å². The molecule has 1 aromatic heterocycles. The number of benzene rings is 3. The second-order valence-corrected chi connectivity index (χ2v) is 8.31. The van der Waals surface area contributed by atoms with Crippen LogP contribution in [0.4, 0.5) is 5.69 Å². The molecule has 0 saturated heterocycles. The molecule has 0 spiro atoms. The number of aromatic nitrogens is 1. The molecule has 0 bridgehead atoms. The standard InChI is InChI=1S/C26H21N3O5S/c30-21(28-20-13-11-19(12-14-20)25(33)27-15-22(31)32)16-35-26-29-23(17-7-3-1-4-8-17)24(34-26)18-9-5-2-6-10-18/h1-14H,15-16H2,(H,27,33)(H,28,30)(H,31,32). The van der Waals surface area contributed by atoms with Gasteiger partial charge in [-0.05, 0) is 24.3 Å². The SMILES string of the molecule is O=C(O)CNC(=O)c1ccc(NC(=O)CSc2nc(-c3ccccc3)c(-c3ccccc3)o2)cc1. The minimum absolute atomic E-state index is 0.0732. The molecule has 4 rings (SSSR count). The van der Waals surface area contributed by atoms with E-state index in [1.165, 1.54) is 23.9 Å². The maximum absolute atomic E-state index is 12.5. The molecule has 0 saturated carbocycles. The fourth-order valence-corrected chi connectivity index (χ4v) is 3.85. The van der Waals surface area contributed by atoms with E-state index in [1.54, 1.807) is 12.1 Å². The van der Waals surface area contributed by atoms with Gasteiger partial charge in [0, 0.05) is 22.4 Å². The van der Waals surface area contributed by atoms with Gasteiger partial charge in [0.15, 0.2) is 5.76 Å². The quantitative estimate of drug-likeness (QED) is 0.296. The van der Waals surface area contributed by atoms with Crippen molar-refractivity contribution >= 4 is 35.2 Å². The fraction of sp³-hybridized carbons (Fsp3) is 0.0769. The van der Waals surface area contributed by atoms with Gasteiger partial charge in [-0.25, -0.2) is 4.98 Å². The van der Waals surface area contributed by atoms with Crippen LogP contribution in [0.15, 0.2) is 94.6 Å². The highest BCUT2D eigenvalue weighted by atomic mass is 32.2. The smallest absolute Gasteiger partial charge is 0.322 e. The number of hydrogen-bond acceptors (Lipinski definition) is 6. The monoisotopic (exact) mass is 487 g/mol. The number of rotatable bonds is 9. The number of carbonyl (C=O) groups excluding carboxylic acids is 2. The lowest BCUT2D eigenvalue weighted by atomic mass is 10.1. The van der Waals surface area contributed by atoms with Crippen molar-refractivity contribution in [2.24, 2.45) is 0 Å². The second-order valence-electron chi connectivity index (χ2n) is 7.38. The van der Waals surface area contributed by atoms with Gasteiger partial charge in [-0.1, -0.05) is 72.4 Å². The Bertz CT molecular complexity index is 1270. The number of thioether (sulfide) groups is 1. The summed E-state index contributed by atoms with van der Waals surface area (Å²) in [7, 11) is 0. The highest BCUT2D eigenvalue weighted by Crippen LogP contribution is 2.35. The van der Waals surface area contributed by atoms with Crippen molar-refractivity contribution < 1.29 is 23.9 Å². The van der Waals surface area contributed by atoms with E-state index in [9.17, 15) is 14.4 Å². The number of oxazole rings is 1. The van der Waals surface area contributed by atoms with Crippen LogP contribution in [0.3, 0.4) is 0 Å². The predicted molar refractivity (Wildman–Crippen MR) is 133 cm³/mol. The van der Waals surface area contributed by atoms with E-state index >= 15 is 0 Å². The molecule has 1 heterocycles. The van der Waals surface area contributed by atoms with Crippen LogP contribution >= 0.6 is 11.8 Å². The zero-order valence-electron chi connectivity index (χ0n) is 18.4. The number of nitrogens with one attached hydrogen (secondary N) is 2. The van der Waals surface area contributed by atoms with Gasteiger partial charge in [-0.2, -0.15) is 0 Å². The molecule has 176 valence electrons. The Kier molecular flexibility index (Phi) is 7.59. The molecule has 0 aliphatic rings. The Morgan fingerprint density at radius 1 is 0.857 bits per heavy atom. The van der Waals surface area contributed by atoms with Gasteiger partial charge < -0.3 is 20.2 Å². The molecule has 35 heavy (non-hydrogen) atoms. The molecule has 3 aromatic carbocycles. The molecule has 9 heteroatoms. The van der Waals surface area contributed by atoms with Crippen molar-refractivity contribution in [3.63, 3.8) is 0 Å². The minimum atomic E-state index is -1.13. The van der Waals surface area contributed by atoms with Crippen LogP contribution in [0.25, 0.3) is 22.6 Å². The van der Waals surface area contributed by atoms with Gasteiger partial charge in [-0.15, -0.1) is 0 Å². The molecule has 0 unspecified atom stereocenters. The summed E-state index contributed by atoms with van der Waals surface area (Å²) < 4.78 is 6.02. The first-order chi connectivity index (χ1) is 17.0. The summed E-state index contributed by atoms with van der Waals surface area (Å²) in [6, 6.07) is 25.5. The van der Waals surface area contributed by atoms with Gasteiger partial charge in [0.05, 0.1) is 5.75 Å². The van der Waals surface area contributed by atoms with Crippen LogP contribution in [0.2, 0.25) is 0 Å². The Balaban J connectivity index is 1.40. The summed E-state index contributed by atoms with van der Waals surface area (Å²) in [5.41, 5.74) is 3.31. The number of amides is 2. The number of carboxylic acids is 1. The predicted octanol–water partition coefficient (Wildman–Crippen LogP) is 4.55. The molecule has 4 aromatic rings. The Hall–Kier alpha value is -4.37. The van der Waals surface area contributed by atoms with Gasteiger partial charge in [0.25, 0.3) is 11.1 Å². The number of anilines is 1. The number of aliphatic carboxylic acids is 1. The van der Waals surface area contributed by atoms with Gasteiger partial charge >= 0.3 is 5.97 Å². The molecular weight excluding hydrogens is 466 g/mol. The van der Waals surface area contributed by atoms with E-state index in [4.69, 9.17) is 9.52 Å². The average molecular weight is 488 g/mol. The third-order valence-corrected chi connectivity index (χ3v) is 5.68. The first kappa shape index (κ1) is 23.8. The zero-order chi connectivity index (χ0) is 24.6. The van der Waals surface area contributed by atoms with Crippen molar-refractivity contribution in [3.8, 4) is 22.6 Å². The molecular formula is C26H21N3O5S. The zero-order valence-corrected chi connectivity index (χ0v) is 19.2. The normalized spacial score (nSPS) is 10.5. The maximum Gasteiger partial charge on any atom is 0.322 e. The van der Waals surface area contributed by atoms with E-state index in [0.29, 0.717) is 27.9 Å². The highest BCUT2D eigenvalue weighted by Gasteiger charge is 2.18. The minimum Gasteiger partial charge on any atom is -0.480 e. The Morgan fingerprint density at radius 3 is 2.11 bits per heavy atom. The molecule has 3 N–H and O–H groups in total. The third-order valence-electron chi connectivity index (χ3n) is 4.85. The van der Waals surface area contributed by atoms with E-state index < -0.39 is 18.4 Å². The molecule has 0 aliphatic heterocycles. The number of carbonyl (C=O) groups is 3. The van der Waals surface area contributed by atoms with Crippen LogP contribution in [0.5, 0.6) is 0 Å². The van der Waals surface area contributed by atoms with Crippen molar-refractivity contribution in [2.45, 2.75) is 5.22 Å². The summed E-state index contributed by atoms with van der Waals surface area (Å²) in [6.45, 7) is -0.465. The average Bonchev–Trinajstić information content (AvgIpc) is 3.32. The summed E-state index contributed by atoms with van der Waals surface area (Å²) in [4.78, 5) is 39.6. The van der Waals surface area contributed by atoms with Crippen molar-refractivity contribution in [1.82, 2.24) is 10.3 Å². The lowest BCUT2D eigenvalue weighted by molar-refractivity contribution is -0.135. The lowest BCUT2D eigenvalue weighted by Gasteiger charge is -2.06.